The average molecular weight is 263 g/mol. The quantitative estimate of drug-likeness (QED) is 0.827. The molecule has 1 aromatic heterocycles. The molecule has 0 unspecified atom stereocenters. The lowest BCUT2D eigenvalue weighted by molar-refractivity contribution is 0.342. The molecule has 0 aliphatic heterocycles. The van der Waals surface area contributed by atoms with Gasteiger partial charge in [-0.05, 0) is 31.3 Å². The number of hydrogen-bond donors (Lipinski definition) is 2. The van der Waals surface area contributed by atoms with Crippen LogP contribution < -0.4 is 15.4 Å². The van der Waals surface area contributed by atoms with Crippen molar-refractivity contribution in [3.05, 3.63) is 36.6 Å². The third-order valence-corrected chi connectivity index (χ3v) is 2.32. The second kappa shape index (κ2) is 6.02. The van der Waals surface area contributed by atoms with Crippen LogP contribution in [0.2, 0.25) is 0 Å². The zero-order valence-electron chi connectivity index (χ0n) is 9.84. The highest BCUT2D eigenvalue weighted by Crippen LogP contribution is 2.23. The van der Waals surface area contributed by atoms with Crippen molar-refractivity contribution in [3.63, 3.8) is 0 Å². The minimum Gasteiger partial charge on any atom is -0.492 e. The minimum absolute atomic E-state index is 0.427. The molecule has 1 aromatic carbocycles. The molecule has 0 saturated heterocycles. The second-order valence-corrected chi connectivity index (χ2v) is 3.80. The SMILES string of the molecule is CCOc1ccccc1NC(=S)Nc1ccon1. The molecule has 6 heteroatoms. The van der Waals surface area contributed by atoms with Gasteiger partial charge in [-0.1, -0.05) is 17.3 Å². The third-order valence-electron chi connectivity index (χ3n) is 2.11. The Morgan fingerprint density at radius 2 is 2.17 bits per heavy atom. The zero-order chi connectivity index (χ0) is 12.8. The summed E-state index contributed by atoms with van der Waals surface area (Å²) in [7, 11) is 0. The summed E-state index contributed by atoms with van der Waals surface area (Å²) in [5.74, 6) is 1.31. The lowest BCUT2D eigenvalue weighted by Gasteiger charge is -2.12. The van der Waals surface area contributed by atoms with Crippen LogP contribution in [0, 0.1) is 0 Å². The Balaban J connectivity index is 2.02. The summed E-state index contributed by atoms with van der Waals surface area (Å²) in [4.78, 5) is 0. The van der Waals surface area contributed by atoms with Gasteiger partial charge in [0.15, 0.2) is 10.9 Å². The molecule has 2 aromatic rings. The maximum Gasteiger partial charge on any atom is 0.176 e. The number of anilines is 2. The summed E-state index contributed by atoms with van der Waals surface area (Å²) in [6.07, 6.45) is 1.47. The van der Waals surface area contributed by atoms with Gasteiger partial charge in [0, 0.05) is 6.07 Å². The van der Waals surface area contributed by atoms with Gasteiger partial charge in [-0.15, -0.1) is 0 Å². The Morgan fingerprint density at radius 1 is 1.33 bits per heavy atom. The van der Waals surface area contributed by atoms with E-state index in [-0.39, 0.29) is 0 Å². The van der Waals surface area contributed by atoms with Gasteiger partial charge in [0.25, 0.3) is 0 Å². The Labute approximate surface area is 110 Å². The van der Waals surface area contributed by atoms with Crippen molar-refractivity contribution >= 4 is 28.8 Å². The van der Waals surface area contributed by atoms with Crippen LogP contribution in [0.1, 0.15) is 6.92 Å². The van der Waals surface area contributed by atoms with Crippen molar-refractivity contribution in [1.82, 2.24) is 5.16 Å². The molecule has 0 atom stereocenters. The van der Waals surface area contributed by atoms with E-state index in [1.165, 1.54) is 6.26 Å². The fourth-order valence-electron chi connectivity index (χ4n) is 1.40. The van der Waals surface area contributed by atoms with Gasteiger partial charge in [0.1, 0.15) is 12.0 Å². The predicted octanol–water partition coefficient (Wildman–Crippen LogP) is 2.88. The number of thiocarbonyl (C=S) groups is 1. The van der Waals surface area contributed by atoms with E-state index >= 15 is 0 Å². The highest BCUT2D eigenvalue weighted by Gasteiger charge is 2.05. The normalized spacial score (nSPS) is 9.83. The number of hydrogen-bond acceptors (Lipinski definition) is 4. The van der Waals surface area contributed by atoms with Gasteiger partial charge in [-0.25, -0.2) is 0 Å². The van der Waals surface area contributed by atoms with Crippen molar-refractivity contribution in [1.29, 1.82) is 0 Å². The van der Waals surface area contributed by atoms with Gasteiger partial charge < -0.3 is 19.9 Å². The minimum atomic E-state index is 0.427. The lowest BCUT2D eigenvalue weighted by Crippen LogP contribution is -2.19. The Bertz CT molecular complexity index is 514. The number of aromatic nitrogens is 1. The summed E-state index contributed by atoms with van der Waals surface area (Å²) in [5.41, 5.74) is 0.806. The first kappa shape index (κ1) is 12.4. The van der Waals surface area contributed by atoms with E-state index in [2.05, 4.69) is 15.8 Å². The summed E-state index contributed by atoms with van der Waals surface area (Å²) in [5, 5.41) is 10.1. The molecule has 18 heavy (non-hydrogen) atoms. The van der Waals surface area contributed by atoms with E-state index in [4.69, 9.17) is 21.5 Å². The predicted molar refractivity (Wildman–Crippen MR) is 74.0 cm³/mol. The van der Waals surface area contributed by atoms with Crippen molar-refractivity contribution in [3.8, 4) is 5.75 Å². The topological polar surface area (TPSA) is 59.3 Å². The Kier molecular flexibility index (Phi) is 4.14. The largest absolute Gasteiger partial charge is 0.492 e. The molecule has 0 aliphatic carbocycles. The molecule has 0 amide bonds. The summed E-state index contributed by atoms with van der Waals surface area (Å²) in [6, 6.07) is 9.27. The van der Waals surface area contributed by atoms with Crippen LogP contribution in [-0.2, 0) is 0 Å². The fourth-order valence-corrected chi connectivity index (χ4v) is 1.61. The van der Waals surface area contributed by atoms with E-state index in [9.17, 15) is 0 Å². The van der Waals surface area contributed by atoms with E-state index in [1.54, 1.807) is 6.07 Å². The van der Waals surface area contributed by atoms with E-state index in [0.29, 0.717) is 17.5 Å². The van der Waals surface area contributed by atoms with Crippen LogP contribution in [0.4, 0.5) is 11.5 Å². The maximum absolute atomic E-state index is 5.49. The van der Waals surface area contributed by atoms with Crippen LogP contribution in [0.15, 0.2) is 41.1 Å². The first-order valence-corrected chi connectivity index (χ1v) is 5.90. The van der Waals surface area contributed by atoms with Crippen LogP contribution >= 0.6 is 12.2 Å². The summed E-state index contributed by atoms with van der Waals surface area (Å²) < 4.78 is 10.2. The second-order valence-electron chi connectivity index (χ2n) is 3.39. The molecule has 2 rings (SSSR count). The van der Waals surface area contributed by atoms with E-state index in [1.807, 2.05) is 31.2 Å². The van der Waals surface area contributed by atoms with Crippen LogP contribution in [-0.4, -0.2) is 16.9 Å². The van der Waals surface area contributed by atoms with E-state index < -0.39 is 0 Å². The molecule has 0 radical (unpaired) electrons. The molecule has 2 N–H and O–H groups in total. The van der Waals surface area contributed by atoms with Crippen LogP contribution in [0.5, 0.6) is 5.75 Å². The molecule has 1 heterocycles. The third kappa shape index (κ3) is 3.21. The Hall–Kier alpha value is -2.08. The number of para-hydroxylation sites is 2. The first-order chi connectivity index (χ1) is 8.79. The van der Waals surface area contributed by atoms with Gasteiger partial charge in [-0.3, -0.25) is 0 Å². The highest BCUT2D eigenvalue weighted by atomic mass is 32.1. The van der Waals surface area contributed by atoms with Gasteiger partial charge >= 0.3 is 0 Å². The Morgan fingerprint density at radius 3 is 2.89 bits per heavy atom. The number of nitrogens with one attached hydrogen (secondary N) is 2. The first-order valence-electron chi connectivity index (χ1n) is 5.50. The molecule has 0 aliphatic rings. The molecular weight excluding hydrogens is 250 g/mol. The van der Waals surface area contributed by atoms with Crippen LogP contribution in [0.3, 0.4) is 0 Å². The van der Waals surface area contributed by atoms with Gasteiger partial charge in [0.05, 0.1) is 12.3 Å². The lowest BCUT2D eigenvalue weighted by atomic mass is 10.3. The maximum atomic E-state index is 5.49. The van der Waals surface area contributed by atoms with Crippen LogP contribution in [0.25, 0.3) is 0 Å². The molecule has 0 fully saturated rings. The standard InChI is InChI=1S/C12H13N3O2S/c1-2-16-10-6-4-3-5-9(10)13-12(18)14-11-7-8-17-15-11/h3-8H,2H2,1H3,(H2,13,14,15,18). The van der Waals surface area contributed by atoms with Crippen molar-refractivity contribution in [2.45, 2.75) is 6.92 Å². The highest BCUT2D eigenvalue weighted by molar-refractivity contribution is 7.80. The van der Waals surface area contributed by atoms with Gasteiger partial charge in [-0.2, -0.15) is 0 Å². The van der Waals surface area contributed by atoms with Gasteiger partial charge in [0.2, 0.25) is 0 Å². The van der Waals surface area contributed by atoms with Crippen molar-refractivity contribution in [2.24, 2.45) is 0 Å². The summed E-state index contributed by atoms with van der Waals surface area (Å²) >= 11 is 5.17. The molecule has 0 spiro atoms. The monoisotopic (exact) mass is 263 g/mol. The molecule has 0 saturated carbocycles. The molecular formula is C12H13N3O2S. The molecule has 94 valence electrons. The van der Waals surface area contributed by atoms with Crippen molar-refractivity contribution < 1.29 is 9.26 Å². The smallest absolute Gasteiger partial charge is 0.176 e. The van der Waals surface area contributed by atoms with Crippen molar-refractivity contribution in [2.75, 3.05) is 17.2 Å². The van der Waals surface area contributed by atoms with E-state index in [0.717, 1.165) is 11.4 Å². The molecule has 0 bridgehead atoms. The number of ether oxygens (including phenoxy) is 1. The number of rotatable bonds is 4. The molecule has 5 nitrogen and oxygen atoms in total. The average Bonchev–Trinajstić information content (AvgIpc) is 2.84. The fraction of sp³-hybridized carbons (Fsp3) is 0.167. The zero-order valence-corrected chi connectivity index (χ0v) is 10.7. The summed E-state index contributed by atoms with van der Waals surface area (Å²) in [6.45, 7) is 2.53. The number of nitrogens with zero attached hydrogens (tertiary/aromatic N) is 1. The number of benzene rings is 1.